The summed E-state index contributed by atoms with van der Waals surface area (Å²) in [5.74, 6) is 1.46. The van der Waals surface area contributed by atoms with Crippen molar-refractivity contribution in [3.05, 3.63) is 53.6 Å². The van der Waals surface area contributed by atoms with E-state index in [9.17, 15) is 14.4 Å². The van der Waals surface area contributed by atoms with Gasteiger partial charge in [0.2, 0.25) is 12.7 Å². The monoisotopic (exact) mass is 566 g/mol. The number of likely N-dealkylation sites (tertiary alicyclic amines) is 1. The Kier molecular flexibility index (Phi) is 9.42. The highest BCUT2D eigenvalue weighted by molar-refractivity contribution is 6.03. The van der Waals surface area contributed by atoms with E-state index >= 15 is 0 Å². The molecule has 41 heavy (non-hydrogen) atoms. The number of imide groups is 1. The number of hydrogen-bond donors (Lipinski definition) is 1. The molecule has 2 aliphatic rings. The first-order chi connectivity index (χ1) is 19.6. The Hall–Kier alpha value is -3.79. The molecule has 1 saturated heterocycles. The molecule has 2 aromatic rings. The molecule has 0 bridgehead atoms. The third kappa shape index (κ3) is 6.12. The van der Waals surface area contributed by atoms with E-state index in [1.165, 1.54) is 4.90 Å². The van der Waals surface area contributed by atoms with Crippen molar-refractivity contribution < 1.29 is 28.6 Å². The maximum atomic E-state index is 13.6. The molecule has 0 aliphatic carbocycles. The van der Waals surface area contributed by atoms with Gasteiger partial charge in [-0.25, -0.2) is 9.69 Å². The van der Waals surface area contributed by atoms with Crippen LogP contribution in [0.4, 0.5) is 4.79 Å². The molecule has 10 heteroatoms. The molecule has 2 atom stereocenters. The zero-order valence-electron chi connectivity index (χ0n) is 24.9. The van der Waals surface area contributed by atoms with Crippen LogP contribution < -0.4 is 19.5 Å². The van der Waals surface area contributed by atoms with Crippen molar-refractivity contribution in [3.8, 4) is 17.2 Å². The number of carbonyl (C=O) groups excluding carboxylic acids is 3. The number of nitrogens with zero attached hydrogens (tertiary/aromatic N) is 3. The van der Waals surface area contributed by atoms with Gasteiger partial charge < -0.3 is 29.3 Å². The Labute approximate surface area is 242 Å². The lowest BCUT2D eigenvalue weighted by Gasteiger charge is -2.53. The average molecular weight is 567 g/mol. The Morgan fingerprint density at radius 3 is 2.34 bits per heavy atom. The zero-order valence-corrected chi connectivity index (χ0v) is 24.9. The quantitative estimate of drug-likeness (QED) is 0.373. The van der Waals surface area contributed by atoms with Gasteiger partial charge in [0, 0.05) is 25.7 Å². The Balaban J connectivity index is 1.50. The summed E-state index contributed by atoms with van der Waals surface area (Å²) in [6.07, 6.45) is 1.81. The molecule has 222 valence electrons. The van der Waals surface area contributed by atoms with Gasteiger partial charge in [-0.1, -0.05) is 33.3 Å². The standard InChI is InChI=1S/C31H42N4O6/c1-7-10-24(22-13-16-25-26(19-22)40-20-39-25)32-30(38)35-28(37)31(8-2,9-3)29(35)41-23-14-11-21(12-15-23)27(36)34(6)18-17-33(4)5/h11-16,19,24,29H,7-10,17-18,20H2,1-6H3,(H,32,38)/t24-,29-/m0/s1. The molecule has 1 N–H and O–H groups in total. The van der Waals surface area contributed by atoms with Crippen LogP contribution in [0.15, 0.2) is 42.5 Å². The third-order valence-corrected chi connectivity index (χ3v) is 8.08. The number of ether oxygens (including phenoxy) is 3. The van der Waals surface area contributed by atoms with Crippen molar-refractivity contribution in [2.24, 2.45) is 5.41 Å². The number of fused-ring (bicyclic) bond motifs is 1. The number of carbonyl (C=O) groups is 3. The minimum Gasteiger partial charge on any atom is -0.469 e. The van der Waals surface area contributed by atoms with Gasteiger partial charge in [-0.05, 0) is 75.3 Å². The number of hydrogen-bond acceptors (Lipinski definition) is 7. The number of β-lactam (4-membered cyclic amide) rings is 1. The first-order valence-corrected chi connectivity index (χ1v) is 14.4. The number of nitrogens with one attached hydrogen (secondary N) is 1. The number of urea groups is 1. The maximum absolute atomic E-state index is 13.6. The molecule has 10 nitrogen and oxygen atoms in total. The van der Waals surface area contributed by atoms with Crippen LogP contribution in [0.25, 0.3) is 0 Å². The van der Waals surface area contributed by atoms with Crippen LogP contribution >= 0.6 is 0 Å². The minimum absolute atomic E-state index is 0.0832. The van der Waals surface area contributed by atoms with Gasteiger partial charge in [-0.3, -0.25) is 9.59 Å². The van der Waals surface area contributed by atoms with Crippen LogP contribution in [0.3, 0.4) is 0 Å². The van der Waals surface area contributed by atoms with Gasteiger partial charge in [-0.15, -0.1) is 0 Å². The number of likely N-dealkylation sites (N-methyl/N-ethyl adjacent to an activating group) is 2. The fraction of sp³-hybridized carbons (Fsp3) is 0.516. The number of benzene rings is 2. The van der Waals surface area contributed by atoms with Crippen molar-refractivity contribution in [1.82, 2.24) is 20.0 Å². The molecule has 2 heterocycles. The van der Waals surface area contributed by atoms with Crippen molar-refractivity contribution in [2.75, 3.05) is 41.0 Å². The van der Waals surface area contributed by atoms with Crippen LogP contribution in [0.5, 0.6) is 17.2 Å². The van der Waals surface area contributed by atoms with Crippen LogP contribution in [0.2, 0.25) is 0 Å². The predicted molar refractivity (Wildman–Crippen MR) is 155 cm³/mol. The van der Waals surface area contributed by atoms with Crippen molar-refractivity contribution in [2.45, 2.75) is 58.7 Å². The molecule has 0 radical (unpaired) electrons. The highest BCUT2D eigenvalue weighted by Crippen LogP contribution is 2.46. The third-order valence-electron chi connectivity index (χ3n) is 8.08. The van der Waals surface area contributed by atoms with Gasteiger partial charge in [-0.2, -0.15) is 0 Å². The molecular formula is C31H42N4O6. The van der Waals surface area contributed by atoms with E-state index in [0.29, 0.717) is 48.6 Å². The highest BCUT2D eigenvalue weighted by Gasteiger charge is 2.63. The van der Waals surface area contributed by atoms with Gasteiger partial charge in [0.15, 0.2) is 17.7 Å². The SMILES string of the molecule is CCC[C@H](NC(=O)N1C(=O)C(CC)(CC)[C@@H]1Oc1ccc(C(=O)N(C)CCN(C)C)cc1)c1ccc2c(c1)OCO2. The second kappa shape index (κ2) is 12.8. The second-order valence-corrected chi connectivity index (χ2v) is 11.0. The molecule has 0 spiro atoms. The van der Waals surface area contributed by atoms with Crippen molar-refractivity contribution >= 4 is 17.8 Å². The largest absolute Gasteiger partial charge is 0.469 e. The van der Waals surface area contributed by atoms with Gasteiger partial charge >= 0.3 is 6.03 Å². The van der Waals surface area contributed by atoms with E-state index in [4.69, 9.17) is 14.2 Å². The van der Waals surface area contributed by atoms with E-state index in [-0.39, 0.29) is 24.6 Å². The molecule has 0 saturated carbocycles. The first kappa shape index (κ1) is 30.2. The summed E-state index contributed by atoms with van der Waals surface area (Å²) in [4.78, 5) is 44.7. The first-order valence-electron chi connectivity index (χ1n) is 14.4. The van der Waals surface area contributed by atoms with Crippen molar-refractivity contribution in [1.29, 1.82) is 0 Å². The summed E-state index contributed by atoms with van der Waals surface area (Å²) in [6.45, 7) is 7.46. The van der Waals surface area contributed by atoms with Gasteiger partial charge in [0.05, 0.1) is 6.04 Å². The molecule has 2 aromatic carbocycles. The fourth-order valence-electron chi connectivity index (χ4n) is 5.34. The Morgan fingerprint density at radius 1 is 1.02 bits per heavy atom. The molecule has 0 unspecified atom stereocenters. The van der Waals surface area contributed by atoms with E-state index in [1.54, 1.807) is 36.2 Å². The lowest BCUT2D eigenvalue weighted by atomic mass is 9.72. The van der Waals surface area contributed by atoms with Crippen LogP contribution in [-0.4, -0.2) is 79.8 Å². The molecule has 0 aromatic heterocycles. The van der Waals surface area contributed by atoms with Crippen LogP contribution in [0.1, 0.15) is 68.4 Å². The van der Waals surface area contributed by atoms with E-state index in [2.05, 4.69) is 5.32 Å². The van der Waals surface area contributed by atoms with E-state index < -0.39 is 17.7 Å². The molecular weight excluding hydrogens is 524 g/mol. The predicted octanol–water partition coefficient (Wildman–Crippen LogP) is 4.65. The zero-order chi connectivity index (χ0) is 29.7. The smallest absolute Gasteiger partial charge is 0.327 e. The molecule has 2 aliphatic heterocycles. The highest BCUT2D eigenvalue weighted by atomic mass is 16.7. The fourth-order valence-corrected chi connectivity index (χ4v) is 5.34. The lowest BCUT2D eigenvalue weighted by Crippen LogP contribution is -2.73. The summed E-state index contributed by atoms with van der Waals surface area (Å²) in [7, 11) is 5.71. The Morgan fingerprint density at radius 2 is 1.71 bits per heavy atom. The summed E-state index contributed by atoms with van der Waals surface area (Å²) in [5.41, 5.74) is 0.612. The summed E-state index contributed by atoms with van der Waals surface area (Å²) >= 11 is 0. The topological polar surface area (TPSA) is 101 Å². The van der Waals surface area contributed by atoms with E-state index in [1.807, 2.05) is 58.0 Å². The number of amides is 4. The van der Waals surface area contributed by atoms with Crippen LogP contribution in [-0.2, 0) is 4.79 Å². The molecule has 4 amide bonds. The number of rotatable bonds is 12. The second-order valence-electron chi connectivity index (χ2n) is 11.0. The molecule has 4 rings (SSSR count). The summed E-state index contributed by atoms with van der Waals surface area (Å²) in [5, 5.41) is 3.05. The summed E-state index contributed by atoms with van der Waals surface area (Å²) < 4.78 is 17.3. The van der Waals surface area contributed by atoms with Crippen LogP contribution in [0, 0.1) is 5.41 Å². The van der Waals surface area contributed by atoms with Crippen molar-refractivity contribution in [3.63, 3.8) is 0 Å². The summed E-state index contributed by atoms with van der Waals surface area (Å²) in [6, 6.07) is 11.7. The van der Waals surface area contributed by atoms with E-state index in [0.717, 1.165) is 18.5 Å². The van der Waals surface area contributed by atoms with Gasteiger partial charge in [0.1, 0.15) is 11.2 Å². The average Bonchev–Trinajstić information content (AvgIpc) is 3.44. The maximum Gasteiger partial charge on any atom is 0.327 e. The minimum atomic E-state index is -0.808. The molecule has 1 fully saturated rings. The van der Waals surface area contributed by atoms with Gasteiger partial charge in [0.25, 0.3) is 5.91 Å². The Bertz CT molecular complexity index is 1240. The normalized spacial score (nSPS) is 17.7. The lowest BCUT2D eigenvalue weighted by molar-refractivity contribution is -0.191.